The van der Waals surface area contributed by atoms with Crippen LogP contribution in [-0.4, -0.2) is 19.9 Å². The van der Waals surface area contributed by atoms with Gasteiger partial charge < -0.3 is 16.5 Å². The van der Waals surface area contributed by atoms with E-state index >= 15 is 0 Å². The molecule has 0 saturated carbocycles. The van der Waals surface area contributed by atoms with Gasteiger partial charge >= 0.3 is 0 Å². The van der Waals surface area contributed by atoms with E-state index in [2.05, 4.69) is 19.9 Å². The van der Waals surface area contributed by atoms with Crippen LogP contribution in [0.15, 0.2) is 29.3 Å². The molecule has 2 aromatic heterocycles. The van der Waals surface area contributed by atoms with Crippen molar-refractivity contribution in [2.24, 2.45) is 0 Å². The number of H-pyrrole nitrogens is 1. The standard InChI is InChI=1S/C13H9N7O/c14-4-8-10(19-13(16)20-11(8)15)6-1-2-9-7(3-6)12(21)18-5-17-9/h1-3,5H,(H,17,18,21)(H4,15,16,19,20). The molecule has 0 saturated heterocycles. The molecule has 0 unspecified atom stereocenters. The average molecular weight is 279 g/mol. The predicted molar refractivity (Wildman–Crippen MR) is 76.9 cm³/mol. The monoisotopic (exact) mass is 279 g/mol. The summed E-state index contributed by atoms with van der Waals surface area (Å²) in [5.74, 6) is -0.0399. The molecule has 3 aromatic rings. The SMILES string of the molecule is N#Cc1c(N)nc(N)nc1-c1ccc2nc[nH]c(=O)c2c1. The number of aromatic amines is 1. The van der Waals surface area contributed by atoms with E-state index in [1.54, 1.807) is 18.2 Å². The number of hydrogen-bond acceptors (Lipinski definition) is 7. The largest absolute Gasteiger partial charge is 0.382 e. The zero-order valence-corrected chi connectivity index (χ0v) is 10.7. The minimum absolute atomic E-state index is 0.000179. The molecule has 0 fully saturated rings. The highest BCUT2D eigenvalue weighted by Gasteiger charge is 2.14. The molecule has 8 nitrogen and oxygen atoms in total. The fourth-order valence-electron chi connectivity index (χ4n) is 2.03. The zero-order valence-electron chi connectivity index (χ0n) is 10.7. The topological polar surface area (TPSA) is 147 Å². The number of nitriles is 1. The van der Waals surface area contributed by atoms with E-state index in [0.29, 0.717) is 16.5 Å². The Kier molecular flexibility index (Phi) is 2.73. The fraction of sp³-hybridized carbons (Fsp3) is 0. The number of aromatic nitrogens is 4. The maximum atomic E-state index is 11.8. The van der Waals surface area contributed by atoms with E-state index in [0.717, 1.165) is 0 Å². The number of anilines is 2. The molecule has 0 spiro atoms. The summed E-state index contributed by atoms with van der Waals surface area (Å²) in [6.45, 7) is 0. The molecular weight excluding hydrogens is 270 g/mol. The number of nitrogens with zero attached hydrogens (tertiary/aromatic N) is 4. The lowest BCUT2D eigenvalue weighted by Crippen LogP contribution is -2.07. The number of rotatable bonds is 1. The second-order valence-electron chi connectivity index (χ2n) is 4.27. The summed E-state index contributed by atoms with van der Waals surface area (Å²) in [4.78, 5) is 26.1. The van der Waals surface area contributed by atoms with Gasteiger partial charge in [0.2, 0.25) is 5.95 Å². The minimum Gasteiger partial charge on any atom is -0.382 e. The molecule has 5 N–H and O–H groups in total. The maximum Gasteiger partial charge on any atom is 0.258 e. The molecule has 0 aliphatic carbocycles. The van der Waals surface area contributed by atoms with Gasteiger partial charge in [-0.1, -0.05) is 6.07 Å². The Balaban J connectivity index is 2.34. The predicted octanol–water partition coefficient (Wildman–Crippen LogP) is 0.416. The van der Waals surface area contributed by atoms with Gasteiger partial charge in [0.05, 0.1) is 22.9 Å². The Bertz CT molecular complexity index is 955. The first-order valence-corrected chi connectivity index (χ1v) is 5.91. The van der Waals surface area contributed by atoms with Crippen LogP contribution in [0.2, 0.25) is 0 Å². The van der Waals surface area contributed by atoms with Crippen molar-refractivity contribution in [1.82, 2.24) is 19.9 Å². The molecule has 0 aliphatic heterocycles. The van der Waals surface area contributed by atoms with Crippen LogP contribution < -0.4 is 17.0 Å². The summed E-state index contributed by atoms with van der Waals surface area (Å²) in [5, 5.41) is 9.57. The smallest absolute Gasteiger partial charge is 0.258 e. The van der Waals surface area contributed by atoms with E-state index in [1.165, 1.54) is 6.33 Å². The van der Waals surface area contributed by atoms with E-state index in [1.807, 2.05) is 6.07 Å². The van der Waals surface area contributed by atoms with Crippen molar-refractivity contribution in [2.45, 2.75) is 0 Å². The molecule has 8 heteroatoms. The van der Waals surface area contributed by atoms with Crippen LogP contribution in [0.3, 0.4) is 0 Å². The lowest BCUT2D eigenvalue weighted by molar-refractivity contribution is 1.17. The van der Waals surface area contributed by atoms with Crippen LogP contribution in [0.25, 0.3) is 22.2 Å². The summed E-state index contributed by atoms with van der Waals surface area (Å²) >= 11 is 0. The van der Waals surface area contributed by atoms with Crippen LogP contribution in [0.5, 0.6) is 0 Å². The lowest BCUT2D eigenvalue weighted by atomic mass is 10.0. The maximum absolute atomic E-state index is 11.8. The second kappa shape index (κ2) is 4.57. The number of hydrogen-bond donors (Lipinski definition) is 3. The summed E-state index contributed by atoms with van der Waals surface area (Å²) < 4.78 is 0. The average Bonchev–Trinajstić information content (AvgIpc) is 2.46. The van der Waals surface area contributed by atoms with Crippen LogP contribution in [-0.2, 0) is 0 Å². The lowest BCUT2D eigenvalue weighted by Gasteiger charge is -2.07. The van der Waals surface area contributed by atoms with E-state index in [9.17, 15) is 10.1 Å². The van der Waals surface area contributed by atoms with Gasteiger partial charge in [0.1, 0.15) is 17.5 Å². The highest BCUT2D eigenvalue weighted by Crippen LogP contribution is 2.26. The van der Waals surface area contributed by atoms with Gasteiger partial charge in [0.25, 0.3) is 5.56 Å². The molecule has 3 rings (SSSR count). The summed E-state index contributed by atoms with van der Waals surface area (Å²) in [5.41, 5.74) is 12.4. The molecule has 0 atom stereocenters. The van der Waals surface area contributed by atoms with Gasteiger partial charge in [-0.2, -0.15) is 10.2 Å². The summed E-state index contributed by atoms with van der Waals surface area (Å²) in [6.07, 6.45) is 1.33. The molecule has 0 aliphatic rings. The van der Waals surface area contributed by atoms with Crippen molar-refractivity contribution >= 4 is 22.7 Å². The van der Waals surface area contributed by atoms with Crippen LogP contribution in [0.1, 0.15) is 5.56 Å². The van der Waals surface area contributed by atoms with Crippen molar-refractivity contribution in [2.75, 3.05) is 11.5 Å². The molecule has 0 bridgehead atoms. The van der Waals surface area contributed by atoms with Crippen LogP contribution in [0, 0.1) is 11.3 Å². The first-order chi connectivity index (χ1) is 10.1. The Hall–Kier alpha value is -3.47. The van der Waals surface area contributed by atoms with Gasteiger partial charge in [-0.05, 0) is 12.1 Å². The van der Waals surface area contributed by atoms with Crippen molar-refractivity contribution in [3.05, 3.63) is 40.4 Å². The molecule has 1 aromatic carbocycles. The van der Waals surface area contributed by atoms with Gasteiger partial charge in [-0.25, -0.2) is 9.97 Å². The Labute approximate surface area is 118 Å². The number of nitrogens with one attached hydrogen (secondary N) is 1. The van der Waals surface area contributed by atoms with Crippen LogP contribution >= 0.6 is 0 Å². The minimum atomic E-state index is -0.282. The van der Waals surface area contributed by atoms with Crippen molar-refractivity contribution in [3.63, 3.8) is 0 Å². The molecule has 2 heterocycles. The number of benzene rings is 1. The highest BCUT2D eigenvalue weighted by atomic mass is 16.1. The third kappa shape index (κ3) is 2.02. The second-order valence-corrected chi connectivity index (χ2v) is 4.27. The third-order valence-electron chi connectivity index (χ3n) is 2.98. The Morgan fingerprint density at radius 2 is 2.05 bits per heavy atom. The Morgan fingerprint density at radius 3 is 2.81 bits per heavy atom. The Morgan fingerprint density at radius 1 is 1.24 bits per heavy atom. The first-order valence-electron chi connectivity index (χ1n) is 5.91. The molecule has 21 heavy (non-hydrogen) atoms. The molecular formula is C13H9N7O. The van der Waals surface area contributed by atoms with E-state index in [4.69, 9.17) is 11.5 Å². The van der Waals surface area contributed by atoms with Gasteiger partial charge in [0, 0.05) is 5.56 Å². The normalized spacial score (nSPS) is 10.4. The fourth-order valence-corrected chi connectivity index (χ4v) is 2.03. The number of fused-ring (bicyclic) bond motifs is 1. The molecule has 0 radical (unpaired) electrons. The first kappa shape index (κ1) is 12.6. The number of nitrogens with two attached hydrogens (primary N) is 2. The van der Waals surface area contributed by atoms with Gasteiger partial charge in [-0.15, -0.1) is 0 Å². The number of nitrogen functional groups attached to an aromatic ring is 2. The molecule has 102 valence electrons. The van der Waals surface area contributed by atoms with Crippen molar-refractivity contribution < 1.29 is 0 Å². The van der Waals surface area contributed by atoms with Gasteiger partial charge in [0.15, 0.2) is 0 Å². The quantitative estimate of drug-likeness (QED) is 0.584. The van der Waals surface area contributed by atoms with E-state index in [-0.39, 0.29) is 28.6 Å². The highest BCUT2D eigenvalue weighted by molar-refractivity contribution is 5.85. The van der Waals surface area contributed by atoms with Crippen LogP contribution in [0.4, 0.5) is 11.8 Å². The van der Waals surface area contributed by atoms with Crippen molar-refractivity contribution in [3.8, 4) is 17.3 Å². The van der Waals surface area contributed by atoms with Crippen molar-refractivity contribution in [1.29, 1.82) is 5.26 Å². The zero-order chi connectivity index (χ0) is 15.0. The summed E-state index contributed by atoms with van der Waals surface area (Å²) in [7, 11) is 0. The third-order valence-corrected chi connectivity index (χ3v) is 2.98. The van der Waals surface area contributed by atoms with E-state index < -0.39 is 0 Å². The summed E-state index contributed by atoms with van der Waals surface area (Å²) in [6, 6.07) is 6.89. The molecule has 0 amide bonds. The van der Waals surface area contributed by atoms with Gasteiger partial charge in [-0.3, -0.25) is 4.79 Å².